The van der Waals surface area contributed by atoms with E-state index in [0.717, 1.165) is 39.3 Å². The van der Waals surface area contributed by atoms with Gasteiger partial charge in [-0.25, -0.2) is 0 Å². The molecule has 2 heterocycles. The fraction of sp³-hybridized carbons (Fsp3) is 0.125. The van der Waals surface area contributed by atoms with Gasteiger partial charge in [0.15, 0.2) is 0 Å². The molecular weight excluding hydrogens is 545 g/mol. The van der Waals surface area contributed by atoms with E-state index in [-0.39, 0.29) is 11.9 Å². The van der Waals surface area contributed by atoms with Crippen molar-refractivity contribution in [1.29, 1.82) is 0 Å². The summed E-state index contributed by atoms with van der Waals surface area (Å²) in [7, 11) is 1.63. The van der Waals surface area contributed by atoms with Gasteiger partial charge in [-0.2, -0.15) is 5.10 Å². The highest BCUT2D eigenvalue weighted by molar-refractivity contribution is 6.31. The van der Waals surface area contributed by atoms with Crippen LogP contribution in [0.5, 0.6) is 11.5 Å². The van der Waals surface area contributed by atoms with Crippen LogP contribution in [0.25, 0.3) is 11.3 Å². The Morgan fingerprint density at radius 1 is 0.875 bits per heavy atom. The molecule has 4 aromatic carbocycles. The van der Waals surface area contributed by atoms with Crippen LogP contribution in [-0.2, 0) is 13.2 Å². The molecule has 40 heavy (non-hydrogen) atoms. The van der Waals surface area contributed by atoms with Crippen LogP contribution in [-0.4, -0.2) is 28.1 Å². The fourth-order valence-corrected chi connectivity index (χ4v) is 5.30. The zero-order valence-corrected chi connectivity index (χ0v) is 23.1. The molecule has 0 radical (unpaired) electrons. The summed E-state index contributed by atoms with van der Waals surface area (Å²) in [5.74, 6) is 1.36. The van der Waals surface area contributed by atoms with Gasteiger partial charge >= 0.3 is 0 Å². The lowest BCUT2D eigenvalue weighted by molar-refractivity contribution is 0.0730. The van der Waals surface area contributed by atoms with Crippen LogP contribution in [0.4, 0.5) is 0 Å². The number of carbonyl (C=O) groups is 1. The van der Waals surface area contributed by atoms with Gasteiger partial charge in [-0.1, -0.05) is 77.8 Å². The van der Waals surface area contributed by atoms with Crippen LogP contribution in [0, 0.1) is 0 Å². The molecule has 1 N–H and O–H groups in total. The number of aromatic amines is 1. The number of hydrogen-bond donors (Lipinski definition) is 1. The zero-order valence-electron chi connectivity index (χ0n) is 21.6. The normalized spacial score (nSPS) is 14.3. The Labute approximate surface area is 242 Å². The second-order valence-corrected chi connectivity index (χ2v) is 10.3. The quantitative estimate of drug-likeness (QED) is 0.208. The van der Waals surface area contributed by atoms with Crippen molar-refractivity contribution in [2.75, 3.05) is 7.11 Å². The molecule has 200 valence electrons. The molecule has 0 bridgehead atoms. The minimum Gasteiger partial charge on any atom is -0.497 e. The third kappa shape index (κ3) is 5.04. The average Bonchev–Trinajstić information content (AvgIpc) is 3.52. The first-order valence-electron chi connectivity index (χ1n) is 12.8. The predicted octanol–water partition coefficient (Wildman–Crippen LogP) is 7.72. The molecule has 5 aromatic rings. The lowest BCUT2D eigenvalue weighted by Crippen LogP contribution is -2.29. The summed E-state index contributed by atoms with van der Waals surface area (Å²) in [6, 6.07) is 30.3. The number of benzene rings is 4. The number of halogens is 2. The molecule has 1 aromatic heterocycles. The van der Waals surface area contributed by atoms with Crippen LogP contribution in [0.3, 0.4) is 0 Å². The van der Waals surface area contributed by atoms with E-state index in [0.29, 0.717) is 34.6 Å². The van der Waals surface area contributed by atoms with Gasteiger partial charge in [0, 0.05) is 33.3 Å². The Hall–Kier alpha value is -4.26. The van der Waals surface area contributed by atoms with Crippen molar-refractivity contribution < 1.29 is 14.3 Å². The predicted molar refractivity (Wildman–Crippen MR) is 156 cm³/mol. The standard InChI is InChI=1S/C32H25Cl2N3O3/c1-39-25-14-6-20(7-15-25)18-37-31(22-10-16-26(17-11-22)40-19-23-4-2-3-5-27(23)34)28-29(35-36-30(28)32(37)38)21-8-12-24(33)13-9-21/h2-17,31H,18-19H2,1H3,(H,35,36). The van der Waals surface area contributed by atoms with E-state index < -0.39 is 0 Å². The molecule has 6 rings (SSSR count). The Morgan fingerprint density at radius 2 is 1.57 bits per heavy atom. The molecule has 1 unspecified atom stereocenters. The molecule has 0 aliphatic carbocycles. The van der Waals surface area contributed by atoms with Crippen molar-refractivity contribution in [1.82, 2.24) is 15.1 Å². The number of nitrogens with one attached hydrogen (secondary N) is 1. The van der Waals surface area contributed by atoms with E-state index in [1.807, 2.05) is 102 Å². The van der Waals surface area contributed by atoms with Crippen LogP contribution >= 0.6 is 23.2 Å². The summed E-state index contributed by atoms with van der Waals surface area (Å²) < 4.78 is 11.3. The van der Waals surface area contributed by atoms with Gasteiger partial charge in [0.25, 0.3) is 5.91 Å². The van der Waals surface area contributed by atoms with E-state index in [1.165, 1.54) is 0 Å². The summed E-state index contributed by atoms with van der Waals surface area (Å²) in [5, 5.41) is 8.86. The number of amides is 1. The maximum Gasteiger partial charge on any atom is 0.273 e. The van der Waals surface area contributed by atoms with E-state index in [2.05, 4.69) is 10.2 Å². The number of rotatable bonds is 8. The maximum absolute atomic E-state index is 13.7. The molecule has 0 saturated carbocycles. The van der Waals surface area contributed by atoms with Crippen molar-refractivity contribution >= 4 is 29.1 Å². The molecule has 1 aliphatic heterocycles. The molecule has 6 nitrogen and oxygen atoms in total. The second-order valence-electron chi connectivity index (χ2n) is 9.50. The number of methoxy groups -OCH3 is 1. The Kier molecular flexibility index (Phi) is 7.20. The maximum atomic E-state index is 13.7. The number of aromatic nitrogens is 2. The molecule has 0 saturated heterocycles. The Balaban J connectivity index is 1.35. The topological polar surface area (TPSA) is 67.5 Å². The number of nitrogens with zero attached hydrogens (tertiary/aromatic N) is 2. The van der Waals surface area contributed by atoms with Gasteiger partial charge in [-0.3, -0.25) is 9.89 Å². The molecular formula is C32H25Cl2N3O3. The van der Waals surface area contributed by atoms with Crippen molar-refractivity contribution in [3.8, 4) is 22.8 Å². The van der Waals surface area contributed by atoms with E-state index in [1.54, 1.807) is 7.11 Å². The first kappa shape index (κ1) is 26.0. The first-order chi connectivity index (χ1) is 19.5. The minimum atomic E-state index is -0.355. The van der Waals surface area contributed by atoms with Gasteiger partial charge in [0.05, 0.1) is 18.8 Å². The van der Waals surface area contributed by atoms with Crippen LogP contribution in [0.2, 0.25) is 10.0 Å². The van der Waals surface area contributed by atoms with Gasteiger partial charge in [-0.15, -0.1) is 0 Å². The number of ether oxygens (including phenoxy) is 2. The summed E-state index contributed by atoms with van der Waals surface area (Å²) >= 11 is 12.4. The Bertz CT molecular complexity index is 1650. The summed E-state index contributed by atoms with van der Waals surface area (Å²) in [6.45, 7) is 0.776. The average molecular weight is 570 g/mol. The highest BCUT2D eigenvalue weighted by Gasteiger charge is 2.42. The number of hydrogen-bond acceptors (Lipinski definition) is 4. The number of fused-ring (bicyclic) bond motifs is 1. The van der Waals surface area contributed by atoms with Crippen molar-refractivity contribution in [3.05, 3.63) is 135 Å². The summed E-state index contributed by atoms with van der Waals surface area (Å²) in [6.07, 6.45) is 0. The third-order valence-corrected chi connectivity index (χ3v) is 7.66. The second kappa shape index (κ2) is 11.1. The fourth-order valence-electron chi connectivity index (χ4n) is 4.98. The van der Waals surface area contributed by atoms with E-state index in [9.17, 15) is 4.79 Å². The SMILES string of the molecule is COc1ccc(CN2C(=O)c3[nH]nc(-c4ccc(Cl)cc4)c3C2c2ccc(OCc3ccccc3Cl)cc2)cc1. The molecule has 1 amide bonds. The molecule has 1 atom stereocenters. The van der Waals surface area contributed by atoms with Crippen LogP contribution < -0.4 is 9.47 Å². The molecule has 0 spiro atoms. The van der Waals surface area contributed by atoms with Crippen LogP contribution in [0.1, 0.15) is 38.8 Å². The minimum absolute atomic E-state index is 0.109. The van der Waals surface area contributed by atoms with E-state index in [4.69, 9.17) is 32.7 Å². The lowest BCUT2D eigenvalue weighted by Gasteiger charge is -2.27. The van der Waals surface area contributed by atoms with Crippen molar-refractivity contribution in [2.45, 2.75) is 19.2 Å². The van der Waals surface area contributed by atoms with E-state index >= 15 is 0 Å². The van der Waals surface area contributed by atoms with Crippen molar-refractivity contribution in [2.24, 2.45) is 0 Å². The van der Waals surface area contributed by atoms with Crippen LogP contribution in [0.15, 0.2) is 97.1 Å². The Morgan fingerprint density at radius 3 is 2.27 bits per heavy atom. The summed E-state index contributed by atoms with van der Waals surface area (Å²) in [5.41, 5.74) is 5.78. The summed E-state index contributed by atoms with van der Waals surface area (Å²) in [4.78, 5) is 15.6. The molecule has 0 fully saturated rings. The number of H-pyrrole nitrogens is 1. The van der Waals surface area contributed by atoms with Gasteiger partial charge in [0.2, 0.25) is 0 Å². The molecule has 8 heteroatoms. The highest BCUT2D eigenvalue weighted by atomic mass is 35.5. The lowest BCUT2D eigenvalue weighted by atomic mass is 9.96. The van der Waals surface area contributed by atoms with Crippen molar-refractivity contribution in [3.63, 3.8) is 0 Å². The monoisotopic (exact) mass is 569 g/mol. The molecule has 1 aliphatic rings. The number of carbonyl (C=O) groups excluding carboxylic acids is 1. The largest absolute Gasteiger partial charge is 0.497 e. The smallest absolute Gasteiger partial charge is 0.273 e. The van der Waals surface area contributed by atoms with Gasteiger partial charge in [0.1, 0.15) is 23.8 Å². The zero-order chi connectivity index (χ0) is 27.6. The van der Waals surface area contributed by atoms with Gasteiger partial charge in [-0.05, 0) is 53.6 Å². The third-order valence-electron chi connectivity index (χ3n) is 7.04. The van der Waals surface area contributed by atoms with Gasteiger partial charge < -0.3 is 14.4 Å². The highest BCUT2D eigenvalue weighted by Crippen LogP contribution is 2.44. The first-order valence-corrected chi connectivity index (χ1v) is 13.5.